The van der Waals surface area contributed by atoms with Crippen LogP contribution in [0.3, 0.4) is 0 Å². The summed E-state index contributed by atoms with van der Waals surface area (Å²) in [6.45, 7) is 14.4. The number of aryl methyl sites for hydroxylation is 3. The Balaban J connectivity index is 1.03. The van der Waals surface area contributed by atoms with Crippen molar-refractivity contribution in [2.75, 3.05) is 6.54 Å². The van der Waals surface area contributed by atoms with E-state index >= 15 is 8.78 Å². The molecule has 5 atom stereocenters. The molecule has 0 spiro atoms. The highest BCUT2D eigenvalue weighted by molar-refractivity contribution is 7.15. The van der Waals surface area contributed by atoms with Crippen LogP contribution >= 0.6 is 22.7 Å². The number of halogens is 2. The number of thiophene rings is 1. The molecule has 0 aliphatic carbocycles. The Hall–Kier alpha value is -6.50. The molecule has 8 rings (SSSR count). The summed E-state index contributed by atoms with van der Waals surface area (Å²) in [5, 5.41) is 35.5. The second-order valence-electron chi connectivity index (χ2n) is 18.2. The fraction of sp³-hybridized carbons (Fsp3) is 0.347. The third kappa shape index (κ3) is 9.17. The van der Waals surface area contributed by atoms with Crippen molar-refractivity contribution in [3.63, 3.8) is 0 Å². The number of aliphatic hydroxyl groups is 1. The minimum absolute atomic E-state index is 0.0362. The van der Waals surface area contributed by atoms with Crippen LogP contribution in [0.5, 0.6) is 0 Å². The average Bonchev–Trinajstić information content (AvgIpc) is 4.05. The minimum atomic E-state index is -1.32. The summed E-state index contributed by atoms with van der Waals surface area (Å²) in [5.41, 5.74) is 5.74. The summed E-state index contributed by atoms with van der Waals surface area (Å²) in [5.74, 6) is -4.23. The molecule has 0 radical (unpaired) electrons. The molecule has 0 bridgehead atoms. The fourth-order valence-electron chi connectivity index (χ4n) is 8.69. The molecule has 348 valence electrons. The molecule has 67 heavy (non-hydrogen) atoms. The summed E-state index contributed by atoms with van der Waals surface area (Å²) in [6.07, 6.45) is -1.39. The molecule has 1 fully saturated rings. The number of likely N-dealkylation sites (tertiary alicyclic amines) is 1. The van der Waals surface area contributed by atoms with Gasteiger partial charge in [0.25, 0.3) is 5.91 Å². The Labute approximate surface area is 393 Å². The van der Waals surface area contributed by atoms with Crippen LogP contribution in [0.2, 0.25) is 0 Å². The van der Waals surface area contributed by atoms with E-state index in [-0.39, 0.29) is 30.5 Å². The van der Waals surface area contributed by atoms with E-state index in [1.54, 1.807) is 57.5 Å². The highest BCUT2D eigenvalue weighted by Crippen LogP contribution is 2.40. The number of carbonyl (C=O) groups is 4. The number of fused-ring (bicyclic) bond motifs is 3. The molecular formula is C49H50F2N8O6S2. The number of benzene rings is 3. The van der Waals surface area contributed by atoms with Gasteiger partial charge in [0.05, 0.1) is 45.9 Å². The van der Waals surface area contributed by atoms with E-state index in [0.29, 0.717) is 22.9 Å². The topological polar surface area (TPSA) is 192 Å². The number of amides is 3. The van der Waals surface area contributed by atoms with Crippen molar-refractivity contribution in [3.8, 4) is 26.6 Å². The molecule has 0 saturated carbocycles. The van der Waals surface area contributed by atoms with Crippen LogP contribution in [0.4, 0.5) is 8.78 Å². The number of carboxylic acid groups (broad SMARTS) is 1. The van der Waals surface area contributed by atoms with Crippen molar-refractivity contribution in [1.82, 2.24) is 35.3 Å². The lowest BCUT2D eigenvalue weighted by Gasteiger charge is -2.35. The molecule has 3 aromatic heterocycles. The third-order valence-corrected chi connectivity index (χ3v) is 14.6. The molecule has 2 aliphatic rings. The Morgan fingerprint density at radius 1 is 0.925 bits per heavy atom. The van der Waals surface area contributed by atoms with Gasteiger partial charge < -0.3 is 25.7 Å². The number of nitrogens with zero attached hydrogens (tertiary/aromatic N) is 6. The summed E-state index contributed by atoms with van der Waals surface area (Å²) < 4.78 is 33.9. The van der Waals surface area contributed by atoms with Gasteiger partial charge in [0.1, 0.15) is 40.6 Å². The van der Waals surface area contributed by atoms with Crippen molar-refractivity contribution >= 4 is 52.1 Å². The fourth-order valence-corrected chi connectivity index (χ4v) is 10.7. The molecule has 4 N–H and O–H groups in total. The summed E-state index contributed by atoms with van der Waals surface area (Å²) in [7, 11) is 0. The van der Waals surface area contributed by atoms with Crippen LogP contribution in [0.1, 0.15) is 107 Å². The first-order valence-corrected chi connectivity index (χ1v) is 23.4. The van der Waals surface area contributed by atoms with Crippen LogP contribution in [0, 0.1) is 44.7 Å². The largest absolute Gasteiger partial charge is 0.481 e. The first kappa shape index (κ1) is 47.0. The zero-order valence-electron chi connectivity index (χ0n) is 38.1. The lowest BCUT2D eigenvalue weighted by atomic mass is 9.85. The van der Waals surface area contributed by atoms with Gasteiger partial charge in [0.2, 0.25) is 11.8 Å². The van der Waals surface area contributed by atoms with Gasteiger partial charge in [-0.25, -0.2) is 13.8 Å². The van der Waals surface area contributed by atoms with E-state index in [2.05, 4.69) is 25.8 Å². The van der Waals surface area contributed by atoms with Crippen molar-refractivity contribution in [2.24, 2.45) is 10.4 Å². The van der Waals surface area contributed by atoms with Gasteiger partial charge in [0.15, 0.2) is 5.82 Å². The van der Waals surface area contributed by atoms with Gasteiger partial charge >= 0.3 is 5.97 Å². The van der Waals surface area contributed by atoms with Gasteiger partial charge in [-0.15, -0.1) is 32.9 Å². The molecule has 18 heteroatoms. The Morgan fingerprint density at radius 2 is 1.60 bits per heavy atom. The van der Waals surface area contributed by atoms with E-state index < -0.39 is 76.6 Å². The Bertz CT molecular complexity index is 2960. The number of carbonyl (C=O) groups excluding carboxylic acids is 3. The number of aromatic nitrogens is 4. The quantitative estimate of drug-likeness (QED) is 0.0997. The number of hydrogen-bond donors (Lipinski definition) is 4. The molecule has 6 aromatic rings. The maximum Gasteiger partial charge on any atom is 0.306 e. The number of aliphatic hydroxyl groups excluding tert-OH is 1. The normalized spacial score (nSPS) is 17.8. The molecule has 14 nitrogen and oxygen atoms in total. The summed E-state index contributed by atoms with van der Waals surface area (Å²) >= 11 is 3.04. The van der Waals surface area contributed by atoms with Crippen molar-refractivity contribution < 1.29 is 38.2 Å². The zero-order chi connectivity index (χ0) is 48.2. The zero-order valence-corrected chi connectivity index (χ0v) is 39.8. The smallest absolute Gasteiger partial charge is 0.306 e. The number of aliphatic carboxylic acids is 1. The molecular weight excluding hydrogens is 899 g/mol. The molecule has 3 amide bonds. The van der Waals surface area contributed by atoms with Gasteiger partial charge in [0, 0.05) is 34.5 Å². The number of β-amino-alcohol motifs (C(OH)–C–C–N with tert-alkyl or cyclic N) is 1. The molecule has 3 aromatic carbocycles. The van der Waals surface area contributed by atoms with Gasteiger partial charge in [-0.1, -0.05) is 69.3 Å². The lowest BCUT2D eigenvalue weighted by molar-refractivity contribution is -0.142. The Morgan fingerprint density at radius 3 is 2.24 bits per heavy atom. The Kier molecular flexibility index (Phi) is 12.8. The van der Waals surface area contributed by atoms with E-state index in [1.807, 2.05) is 56.5 Å². The van der Waals surface area contributed by atoms with Crippen LogP contribution in [-0.2, 0) is 14.4 Å². The predicted molar refractivity (Wildman–Crippen MR) is 252 cm³/mol. The van der Waals surface area contributed by atoms with Crippen molar-refractivity contribution in [3.05, 3.63) is 128 Å². The van der Waals surface area contributed by atoms with Gasteiger partial charge in [-0.05, 0) is 74.4 Å². The first-order valence-electron chi connectivity index (χ1n) is 21.7. The van der Waals surface area contributed by atoms with E-state index in [9.17, 15) is 29.4 Å². The number of aliphatic imine (C=N–C) groups is 1. The van der Waals surface area contributed by atoms with E-state index in [1.165, 1.54) is 27.6 Å². The van der Waals surface area contributed by atoms with E-state index in [0.717, 1.165) is 54.8 Å². The number of thiazole rings is 1. The SMILES string of the molecule is Cc1ncsc1-c1ccc(C(C)NC(=O)[C@@H]2C[C@@H](O)CN2C(=O)C(NC(=O)c2cc(F)cc(-c3ccc(C4=N[C@@H](CC(=O)O)c5nnc(C)n5-c5sc(C)c(C)c54)cc3)c2F)C(C)(C)C)cc1. The maximum atomic E-state index is 16.6. The number of hydrogen-bond acceptors (Lipinski definition) is 11. The van der Waals surface area contributed by atoms with Gasteiger partial charge in [-0.3, -0.25) is 28.7 Å². The van der Waals surface area contributed by atoms with Crippen LogP contribution in [0.25, 0.3) is 26.6 Å². The number of nitrogens with one attached hydrogen (secondary N) is 2. The van der Waals surface area contributed by atoms with Crippen LogP contribution in [0.15, 0.2) is 71.2 Å². The molecule has 2 aliphatic heterocycles. The van der Waals surface area contributed by atoms with Crippen molar-refractivity contribution in [1.29, 1.82) is 0 Å². The average molecular weight is 949 g/mol. The third-order valence-electron chi connectivity index (χ3n) is 12.4. The lowest BCUT2D eigenvalue weighted by Crippen LogP contribution is -2.58. The number of rotatable bonds is 11. The second kappa shape index (κ2) is 18.3. The summed E-state index contributed by atoms with van der Waals surface area (Å²) in [4.78, 5) is 66.8. The van der Waals surface area contributed by atoms with Gasteiger partial charge in [-0.2, -0.15) is 0 Å². The monoisotopic (exact) mass is 948 g/mol. The molecule has 5 heterocycles. The highest BCUT2D eigenvalue weighted by atomic mass is 32.1. The predicted octanol–water partition coefficient (Wildman–Crippen LogP) is 7.98. The maximum absolute atomic E-state index is 16.6. The first-order chi connectivity index (χ1) is 31.7. The number of carboxylic acids is 1. The molecule has 2 unspecified atom stereocenters. The molecule has 1 saturated heterocycles. The van der Waals surface area contributed by atoms with Crippen LogP contribution in [-0.4, -0.2) is 89.0 Å². The van der Waals surface area contributed by atoms with Crippen LogP contribution < -0.4 is 10.6 Å². The van der Waals surface area contributed by atoms with Crippen molar-refractivity contribution in [2.45, 2.75) is 98.5 Å². The highest BCUT2D eigenvalue weighted by Gasteiger charge is 2.45. The second-order valence-corrected chi connectivity index (χ2v) is 20.2. The van der Waals surface area contributed by atoms with E-state index in [4.69, 9.17) is 4.99 Å². The standard InChI is InChI=1S/C49H50F2N8O6S2/c1-23-26(4)67-48-39(23)41(54-36(20-38(61)62)44-57-56-27(5)59(44)48)30-13-11-29(12-14-30)34-17-32(50)18-35(40(34)51)45(63)55-43(49(6,7)8)47(65)58-21-33(60)19-37(58)46(64)53-24(2)28-9-15-31(16-10-28)42-25(3)52-22-66-42/h9-18,22,24,33,36-37,43,60H,19-21H2,1-8H3,(H,53,64)(H,55,63)(H,61,62)/t24?,33-,36+,37+,43?/m1/s1. The minimum Gasteiger partial charge on any atom is -0.481 e. The summed E-state index contributed by atoms with van der Waals surface area (Å²) in [6, 6.07) is 12.3.